The molecular weight excluding hydrogens is 876 g/mol. The number of quaternary nitrogens is 1. The normalized spacial score (nSPS) is 14.0. The van der Waals surface area contributed by atoms with Gasteiger partial charge in [0.15, 0.2) is 0 Å². The molecule has 69 heavy (non-hydrogen) atoms. The Labute approximate surface area is 430 Å². The second-order valence-electron chi connectivity index (χ2n) is 22.1. The van der Waals surface area contributed by atoms with Crippen LogP contribution in [0.15, 0.2) is 24.3 Å². The highest BCUT2D eigenvalue weighted by atomic mass is 31.2. The summed E-state index contributed by atoms with van der Waals surface area (Å²) >= 11 is 0. The highest BCUT2D eigenvalue weighted by molar-refractivity contribution is 7.45. The fraction of sp³-hybridized carbons (Fsp3) is 0.917. The largest absolute Gasteiger partial charge is 0.756 e. The van der Waals surface area contributed by atoms with Crippen LogP contribution in [0.2, 0.25) is 0 Å². The van der Waals surface area contributed by atoms with Crippen molar-refractivity contribution in [3.8, 4) is 0 Å². The molecular formula is C60H119N2O6P. The van der Waals surface area contributed by atoms with Crippen LogP contribution in [0.3, 0.4) is 0 Å². The highest BCUT2D eigenvalue weighted by Crippen LogP contribution is 2.38. The third-order valence-corrected chi connectivity index (χ3v) is 14.9. The summed E-state index contributed by atoms with van der Waals surface area (Å²) < 4.78 is 23.4. The number of unbranched alkanes of at least 4 members (excludes halogenated alkanes) is 41. The number of rotatable bonds is 56. The average molecular weight is 996 g/mol. The third-order valence-electron chi connectivity index (χ3n) is 13.9. The van der Waals surface area contributed by atoms with Crippen LogP contribution in [0, 0.1) is 0 Å². The molecule has 0 aliphatic heterocycles. The summed E-state index contributed by atoms with van der Waals surface area (Å²) in [5.41, 5.74) is 0. The van der Waals surface area contributed by atoms with Crippen LogP contribution in [0.1, 0.15) is 303 Å². The molecule has 0 saturated heterocycles. The van der Waals surface area contributed by atoms with E-state index in [9.17, 15) is 19.4 Å². The molecule has 0 aromatic rings. The summed E-state index contributed by atoms with van der Waals surface area (Å²) in [5.74, 6) is -0.195. The zero-order chi connectivity index (χ0) is 50.6. The van der Waals surface area contributed by atoms with Crippen molar-refractivity contribution in [3.63, 3.8) is 0 Å². The fourth-order valence-corrected chi connectivity index (χ4v) is 9.87. The second kappa shape index (κ2) is 51.9. The zero-order valence-electron chi connectivity index (χ0n) is 46.8. The van der Waals surface area contributed by atoms with Crippen molar-refractivity contribution in [2.45, 2.75) is 315 Å². The Morgan fingerprint density at radius 1 is 0.493 bits per heavy atom. The molecule has 0 saturated carbocycles. The predicted octanol–water partition coefficient (Wildman–Crippen LogP) is 17.7. The summed E-state index contributed by atoms with van der Waals surface area (Å²) in [5, 5.41) is 13.9. The number of carbonyl (C=O) groups is 1. The van der Waals surface area contributed by atoms with E-state index >= 15 is 0 Å². The van der Waals surface area contributed by atoms with Gasteiger partial charge in [-0.3, -0.25) is 9.36 Å². The zero-order valence-corrected chi connectivity index (χ0v) is 47.7. The van der Waals surface area contributed by atoms with Gasteiger partial charge in [0.2, 0.25) is 5.91 Å². The molecule has 0 fully saturated rings. The van der Waals surface area contributed by atoms with Crippen molar-refractivity contribution in [1.82, 2.24) is 5.32 Å². The monoisotopic (exact) mass is 995 g/mol. The number of allylic oxidation sites excluding steroid dienone is 3. The minimum Gasteiger partial charge on any atom is -0.756 e. The van der Waals surface area contributed by atoms with Crippen LogP contribution in [0.25, 0.3) is 0 Å². The molecule has 3 atom stereocenters. The van der Waals surface area contributed by atoms with Crippen LogP contribution in [-0.2, 0) is 18.4 Å². The van der Waals surface area contributed by atoms with Crippen molar-refractivity contribution in [2.75, 3.05) is 40.9 Å². The molecule has 2 N–H and O–H groups in total. The molecule has 0 aliphatic carbocycles. The van der Waals surface area contributed by atoms with E-state index in [1.807, 2.05) is 27.2 Å². The molecule has 9 heteroatoms. The number of hydrogen-bond donors (Lipinski definition) is 2. The standard InChI is InChI=1S/C60H119N2O6P/c1-6-8-10-12-14-16-18-20-22-24-26-27-28-29-30-31-32-33-34-36-37-39-41-43-45-47-49-51-53-59(63)58(57-68-69(65,66)67-56-55-62(3,4)5)61-60(64)54-52-50-48-46-44-42-40-38-35-25-23-21-19-17-15-13-11-9-7-2/h21,23,51,53,58-59,63H,6-20,22,24-50,52,54-57H2,1-5H3,(H-,61,64,65,66)/b23-21-,53-51+. The second-order valence-corrected chi connectivity index (χ2v) is 23.5. The topological polar surface area (TPSA) is 108 Å². The van der Waals surface area contributed by atoms with Gasteiger partial charge in [0.05, 0.1) is 39.9 Å². The number of hydrogen-bond acceptors (Lipinski definition) is 6. The van der Waals surface area contributed by atoms with Crippen LogP contribution in [0.5, 0.6) is 0 Å². The Morgan fingerprint density at radius 3 is 1.13 bits per heavy atom. The molecule has 0 rings (SSSR count). The van der Waals surface area contributed by atoms with Gasteiger partial charge in [-0.2, -0.15) is 0 Å². The number of aliphatic hydroxyl groups excluding tert-OH is 1. The van der Waals surface area contributed by atoms with Crippen LogP contribution in [-0.4, -0.2) is 68.5 Å². The lowest BCUT2D eigenvalue weighted by molar-refractivity contribution is -0.870. The fourth-order valence-electron chi connectivity index (χ4n) is 9.15. The van der Waals surface area contributed by atoms with Gasteiger partial charge in [0, 0.05) is 6.42 Å². The maximum atomic E-state index is 13.0. The number of carbonyl (C=O) groups excluding carboxylic acids is 1. The number of likely N-dealkylation sites (N-methyl/N-ethyl adjacent to an activating group) is 1. The number of phosphoric acid groups is 1. The lowest BCUT2D eigenvalue weighted by Crippen LogP contribution is -2.45. The van der Waals surface area contributed by atoms with Gasteiger partial charge >= 0.3 is 0 Å². The van der Waals surface area contributed by atoms with E-state index in [0.29, 0.717) is 17.4 Å². The predicted molar refractivity (Wildman–Crippen MR) is 298 cm³/mol. The summed E-state index contributed by atoms with van der Waals surface area (Å²) in [6.07, 6.45) is 65.5. The molecule has 3 unspecified atom stereocenters. The first kappa shape index (κ1) is 68.0. The van der Waals surface area contributed by atoms with Crippen molar-refractivity contribution < 1.29 is 32.9 Å². The van der Waals surface area contributed by atoms with Gasteiger partial charge < -0.3 is 28.8 Å². The lowest BCUT2D eigenvalue weighted by atomic mass is 10.0. The van der Waals surface area contributed by atoms with E-state index in [4.69, 9.17) is 9.05 Å². The van der Waals surface area contributed by atoms with Gasteiger partial charge in [0.25, 0.3) is 7.82 Å². The third kappa shape index (κ3) is 54.6. The number of amides is 1. The molecule has 0 aromatic heterocycles. The number of nitrogens with one attached hydrogen (secondary N) is 1. The highest BCUT2D eigenvalue weighted by Gasteiger charge is 2.23. The maximum absolute atomic E-state index is 13.0. The van der Waals surface area contributed by atoms with E-state index in [2.05, 4.69) is 31.3 Å². The van der Waals surface area contributed by atoms with E-state index in [-0.39, 0.29) is 19.1 Å². The average Bonchev–Trinajstić information content (AvgIpc) is 3.31. The molecule has 0 radical (unpaired) electrons. The summed E-state index contributed by atoms with van der Waals surface area (Å²) in [4.78, 5) is 25.5. The van der Waals surface area contributed by atoms with Gasteiger partial charge in [-0.1, -0.05) is 276 Å². The maximum Gasteiger partial charge on any atom is 0.268 e. The lowest BCUT2D eigenvalue weighted by Gasteiger charge is -2.29. The quantitative estimate of drug-likeness (QED) is 0.0272. The van der Waals surface area contributed by atoms with Gasteiger partial charge in [0.1, 0.15) is 13.2 Å². The van der Waals surface area contributed by atoms with Gasteiger partial charge in [-0.05, 0) is 44.9 Å². The first-order valence-electron chi connectivity index (χ1n) is 30.2. The molecule has 0 spiro atoms. The Bertz CT molecular complexity index is 1170. The van der Waals surface area contributed by atoms with Crippen molar-refractivity contribution in [2.24, 2.45) is 0 Å². The first-order valence-corrected chi connectivity index (χ1v) is 31.7. The van der Waals surface area contributed by atoms with E-state index in [0.717, 1.165) is 38.5 Å². The molecule has 0 heterocycles. The first-order chi connectivity index (χ1) is 33.5. The number of nitrogens with zero attached hydrogens (tertiary/aromatic N) is 1. The van der Waals surface area contributed by atoms with Crippen molar-refractivity contribution in [3.05, 3.63) is 24.3 Å². The molecule has 0 aromatic carbocycles. The number of aliphatic hydroxyl groups is 1. The van der Waals surface area contributed by atoms with E-state index in [1.54, 1.807) is 6.08 Å². The van der Waals surface area contributed by atoms with Crippen LogP contribution in [0.4, 0.5) is 0 Å². The SMILES string of the molecule is CCCCCCCC/C=C\CCCCCCCCCCCC(=O)NC(COP(=O)([O-])OCC[N+](C)(C)C)C(O)/C=C/CCCCCCCCCCCCCCCCCCCCCCCCCCCC. The molecule has 0 aliphatic rings. The molecule has 410 valence electrons. The summed E-state index contributed by atoms with van der Waals surface area (Å²) in [6.45, 7) is 4.69. The summed E-state index contributed by atoms with van der Waals surface area (Å²) in [6, 6.07) is -0.886. The minimum absolute atomic E-state index is 0.000387. The van der Waals surface area contributed by atoms with Gasteiger partial charge in [-0.15, -0.1) is 0 Å². The molecule has 1 amide bonds. The Hall–Kier alpha value is -1.02. The minimum atomic E-state index is -4.60. The molecule has 8 nitrogen and oxygen atoms in total. The van der Waals surface area contributed by atoms with E-state index < -0.39 is 20.0 Å². The Balaban J connectivity index is 4.14. The molecule has 0 bridgehead atoms. The van der Waals surface area contributed by atoms with Crippen LogP contribution >= 0.6 is 7.82 Å². The van der Waals surface area contributed by atoms with Gasteiger partial charge in [-0.25, -0.2) is 0 Å². The van der Waals surface area contributed by atoms with Crippen molar-refractivity contribution >= 4 is 13.7 Å². The Kier molecular flexibility index (Phi) is 51.1. The van der Waals surface area contributed by atoms with Crippen LogP contribution < -0.4 is 10.2 Å². The number of phosphoric ester groups is 1. The summed E-state index contributed by atoms with van der Waals surface area (Å²) in [7, 11) is 1.27. The van der Waals surface area contributed by atoms with E-state index in [1.165, 1.54) is 244 Å². The Morgan fingerprint density at radius 2 is 0.797 bits per heavy atom. The van der Waals surface area contributed by atoms with Crippen molar-refractivity contribution in [1.29, 1.82) is 0 Å². The smallest absolute Gasteiger partial charge is 0.268 e.